The first-order valence-corrected chi connectivity index (χ1v) is 5.28. The Hall–Kier alpha value is -1.82. The number of nitrogens with zero attached hydrogens (tertiary/aromatic N) is 3. The maximum atomic E-state index is 8.50. The second-order valence-electron chi connectivity index (χ2n) is 4.06. The monoisotopic (exact) mass is 238 g/mol. The summed E-state index contributed by atoms with van der Waals surface area (Å²) in [7, 11) is 3.96. The predicted molar refractivity (Wildman–Crippen MR) is 65.4 cm³/mol. The lowest BCUT2D eigenvalue weighted by Crippen LogP contribution is -2.28. The second kappa shape index (κ2) is 6.05. The van der Waals surface area contributed by atoms with E-state index in [4.69, 9.17) is 15.7 Å². The summed E-state index contributed by atoms with van der Waals surface area (Å²) in [6.45, 7) is 2.78. The van der Waals surface area contributed by atoms with Gasteiger partial charge in [-0.15, -0.1) is 0 Å². The highest BCUT2D eigenvalue weighted by Crippen LogP contribution is 2.09. The number of ether oxygens (including phenoxy) is 1. The molecule has 0 amide bonds. The smallest absolute Gasteiger partial charge is 0.213 e. The molecule has 6 heteroatoms. The number of aromatic nitrogens is 1. The van der Waals surface area contributed by atoms with Crippen molar-refractivity contribution in [3.63, 3.8) is 0 Å². The first kappa shape index (κ1) is 13.2. The molecule has 94 valence electrons. The van der Waals surface area contributed by atoms with Crippen molar-refractivity contribution >= 4 is 5.84 Å². The van der Waals surface area contributed by atoms with E-state index in [9.17, 15) is 0 Å². The number of rotatable bonds is 5. The molecule has 1 heterocycles. The second-order valence-corrected chi connectivity index (χ2v) is 4.06. The summed E-state index contributed by atoms with van der Waals surface area (Å²) < 4.78 is 5.60. The van der Waals surface area contributed by atoms with Crippen LogP contribution in [0.4, 0.5) is 0 Å². The van der Waals surface area contributed by atoms with Gasteiger partial charge in [-0.1, -0.05) is 5.16 Å². The van der Waals surface area contributed by atoms with Crippen LogP contribution in [0.25, 0.3) is 0 Å². The van der Waals surface area contributed by atoms with Crippen molar-refractivity contribution in [2.45, 2.75) is 13.0 Å². The van der Waals surface area contributed by atoms with Crippen molar-refractivity contribution in [2.75, 3.05) is 20.6 Å². The Labute approximate surface area is 101 Å². The normalized spacial score (nSPS) is 13.8. The van der Waals surface area contributed by atoms with Crippen molar-refractivity contribution < 1.29 is 9.94 Å². The van der Waals surface area contributed by atoms with Crippen LogP contribution < -0.4 is 10.5 Å². The maximum absolute atomic E-state index is 8.50. The number of likely N-dealkylation sites (N-methyl/N-ethyl adjacent to an activating group) is 1. The quantitative estimate of drug-likeness (QED) is 0.338. The van der Waals surface area contributed by atoms with E-state index in [0.29, 0.717) is 11.4 Å². The van der Waals surface area contributed by atoms with Crippen LogP contribution in [0.3, 0.4) is 0 Å². The van der Waals surface area contributed by atoms with Crippen LogP contribution in [0, 0.1) is 0 Å². The van der Waals surface area contributed by atoms with Crippen LogP contribution in [0.2, 0.25) is 0 Å². The zero-order valence-corrected chi connectivity index (χ0v) is 10.3. The Bertz CT molecular complexity index is 376. The van der Waals surface area contributed by atoms with E-state index in [-0.39, 0.29) is 11.9 Å². The highest BCUT2D eigenvalue weighted by Gasteiger charge is 2.07. The molecule has 0 aliphatic rings. The Morgan fingerprint density at radius 1 is 1.59 bits per heavy atom. The molecule has 17 heavy (non-hydrogen) atoms. The van der Waals surface area contributed by atoms with Gasteiger partial charge in [-0.25, -0.2) is 4.98 Å². The van der Waals surface area contributed by atoms with Crippen molar-refractivity contribution in [3.8, 4) is 5.88 Å². The number of hydrogen-bond acceptors (Lipinski definition) is 5. The summed E-state index contributed by atoms with van der Waals surface area (Å²) in [4.78, 5) is 6.12. The lowest BCUT2D eigenvalue weighted by Gasteiger charge is -2.17. The third-order valence-electron chi connectivity index (χ3n) is 2.08. The fraction of sp³-hybridized carbons (Fsp3) is 0.455. The zero-order chi connectivity index (χ0) is 12.8. The predicted octanol–water partition coefficient (Wildman–Crippen LogP) is 0.505. The topological polar surface area (TPSA) is 84.0 Å². The largest absolute Gasteiger partial charge is 0.473 e. The molecule has 0 fully saturated rings. The Morgan fingerprint density at radius 3 is 2.76 bits per heavy atom. The molecule has 1 aromatic heterocycles. The van der Waals surface area contributed by atoms with Crippen molar-refractivity contribution in [3.05, 3.63) is 23.9 Å². The number of nitrogens with two attached hydrogens (primary N) is 1. The van der Waals surface area contributed by atoms with Crippen molar-refractivity contribution in [1.29, 1.82) is 0 Å². The highest BCUT2D eigenvalue weighted by atomic mass is 16.5. The summed E-state index contributed by atoms with van der Waals surface area (Å²) >= 11 is 0. The van der Waals surface area contributed by atoms with Crippen molar-refractivity contribution in [1.82, 2.24) is 9.88 Å². The minimum absolute atomic E-state index is 0.0328. The molecule has 1 atom stereocenters. The van der Waals surface area contributed by atoms with Crippen LogP contribution in [-0.2, 0) is 0 Å². The molecule has 0 aliphatic heterocycles. The number of oxime groups is 1. The minimum atomic E-state index is 0.0328. The molecule has 1 rings (SSSR count). The molecule has 1 unspecified atom stereocenters. The van der Waals surface area contributed by atoms with E-state index in [1.165, 1.54) is 6.20 Å². The number of amidine groups is 1. The van der Waals surface area contributed by atoms with Crippen LogP contribution >= 0.6 is 0 Å². The molecular formula is C11H18N4O2. The summed E-state index contributed by atoms with van der Waals surface area (Å²) in [5, 5.41) is 11.4. The first-order valence-electron chi connectivity index (χ1n) is 5.28. The average molecular weight is 238 g/mol. The minimum Gasteiger partial charge on any atom is -0.473 e. The SMILES string of the molecule is CC(CN(C)C)Oc1ccc(/C(N)=N/O)cn1. The lowest BCUT2D eigenvalue weighted by atomic mass is 10.2. The van der Waals surface area contributed by atoms with Gasteiger partial charge in [-0.05, 0) is 27.1 Å². The average Bonchev–Trinajstić information content (AvgIpc) is 2.28. The van der Waals surface area contributed by atoms with Gasteiger partial charge in [0.1, 0.15) is 6.10 Å². The van der Waals surface area contributed by atoms with Gasteiger partial charge in [-0.3, -0.25) is 0 Å². The number of pyridine rings is 1. The zero-order valence-electron chi connectivity index (χ0n) is 10.3. The van der Waals surface area contributed by atoms with Gasteiger partial charge < -0.3 is 20.6 Å². The fourth-order valence-electron chi connectivity index (χ4n) is 1.42. The highest BCUT2D eigenvalue weighted by molar-refractivity contribution is 5.96. The molecular weight excluding hydrogens is 220 g/mol. The summed E-state index contributed by atoms with van der Waals surface area (Å²) in [5.74, 6) is 0.555. The summed E-state index contributed by atoms with van der Waals surface area (Å²) in [5.41, 5.74) is 5.98. The molecule has 0 aromatic carbocycles. The van der Waals surface area contributed by atoms with Gasteiger partial charge >= 0.3 is 0 Å². The molecule has 6 nitrogen and oxygen atoms in total. The molecule has 0 bridgehead atoms. The van der Waals surface area contributed by atoms with E-state index < -0.39 is 0 Å². The molecule has 0 radical (unpaired) electrons. The van der Waals surface area contributed by atoms with E-state index in [1.807, 2.05) is 25.9 Å². The fourth-order valence-corrected chi connectivity index (χ4v) is 1.42. The molecule has 1 aromatic rings. The Morgan fingerprint density at radius 2 is 2.29 bits per heavy atom. The van der Waals surface area contributed by atoms with E-state index in [1.54, 1.807) is 12.1 Å². The molecule has 0 aliphatic carbocycles. The van der Waals surface area contributed by atoms with Crippen LogP contribution in [0.5, 0.6) is 5.88 Å². The molecule has 0 spiro atoms. The van der Waals surface area contributed by atoms with Crippen molar-refractivity contribution in [2.24, 2.45) is 10.9 Å². The van der Waals surface area contributed by atoms with E-state index >= 15 is 0 Å². The molecule has 3 N–H and O–H groups in total. The lowest BCUT2D eigenvalue weighted by molar-refractivity contribution is 0.170. The van der Waals surface area contributed by atoms with Gasteiger partial charge in [-0.2, -0.15) is 0 Å². The summed E-state index contributed by atoms with van der Waals surface area (Å²) in [6.07, 6.45) is 1.56. The van der Waals surface area contributed by atoms with Gasteiger partial charge in [0.25, 0.3) is 0 Å². The standard InChI is InChI=1S/C11H18N4O2/c1-8(7-15(2)3)17-10-5-4-9(6-13-10)11(12)14-16/h4-6,8,16H,7H2,1-3H3,(H2,12,14). The van der Waals surface area contributed by atoms with Gasteiger partial charge in [0.05, 0.1) is 0 Å². The third-order valence-corrected chi connectivity index (χ3v) is 2.08. The van der Waals surface area contributed by atoms with Crippen LogP contribution in [0.15, 0.2) is 23.5 Å². The Balaban J connectivity index is 2.62. The van der Waals surface area contributed by atoms with Crippen LogP contribution in [-0.4, -0.2) is 47.7 Å². The van der Waals surface area contributed by atoms with Gasteiger partial charge in [0.15, 0.2) is 5.84 Å². The van der Waals surface area contributed by atoms with Crippen LogP contribution in [0.1, 0.15) is 12.5 Å². The summed E-state index contributed by atoms with van der Waals surface area (Å²) in [6, 6.07) is 3.39. The maximum Gasteiger partial charge on any atom is 0.213 e. The van der Waals surface area contributed by atoms with E-state index in [2.05, 4.69) is 10.1 Å². The van der Waals surface area contributed by atoms with E-state index in [0.717, 1.165) is 6.54 Å². The molecule has 0 saturated heterocycles. The Kier molecular flexibility index (Phi) is 4.71. The van der Waals surface area contributed by atoms with Gasteiger partial charge in [0.2, 0.25) is 5.88 Å². The molecule has 0 saturated carbocycles. The first-order chi connectivity index (χ1) is 8.02. The third kappa shape index (κ3) is 4.28. The van der Waals surface area contributed by atoms with Gasteiger partial charge in [0, 0.05) is 24.4 Å². The number of hydrogen-bond donors (Lipinski definition) is 2.